The molecule has 0 heterocycles. The molecule has 0 atom stereocenters. The van der Waals surface area contributed by atoms with E-state index in [1.54, 1.807) is 36.4 Å². The number of rotatable bonds is 9. The van der Waals surface area contributed by atoms with E-state index in [-0.39, 0.29) is 25.0 Å². The zero-order valence-electron chi connectivity index (χ0n) is 15.0. The highest BCUT2D eigenvalue weighted by molar-refractivity contribution is 5.94. The van der Waals surface area contributed by atoms with E-state index in [9.17, 15) is 9.59 Å². The second kappa shape index (κ2) is 10.1. The standard InChI is InChI=1S/C20H24N2O4/c1-15(2)13-25-18-10-8-16(9-11-18)22-19(23)12-21-20(24)14-26-17-6-4-3-5-7-17/h3-11,15H,12-14H2,1-2H3,(H,21,24)(H,22,23). The first-order chi connectivity index (χ1) is 12.5. The van der Waals surface area contributed by atoms with Crippen LogP contribution in [0.15, 0.2) is 54.6 Å². The minimum Gasteiger partial charge on any atom is -0.493 e. The van der Waals surface area contributed by atoms with E-state index in [0.29, 0.717) is 24.0 Å². The molecule has 0 aromatic heterocycles. The van der Waals surface area contributed by atoms with Gasteiger partial charge in [-0.2, -0.15) is 0 Å². The molecule has 26 heavy (non-hydrogen) atoms. The summed E-state index contributed by atoms with van der Waals surface area (Å²) in [5.41, 5.74) is 0.640. The summed E-state index contributed by atoms with van der Waals surface area (Å²) in [5.74, 6) is 1.13. The van der Waals surface area contributed by atoms with E-state index in [2.05, 4.69) is 24.5 Å². The SMILES string of the molecule is CC(C)COc1ccc(NC(=O)CNC(=O)COc2ccccc2)cc1. The first-order valence-corrected chi connectivity index (χ1v) is 8.50. The van der Waals surface area contributed by atoms with Gasteiger partial charge in [0, 0.05) is 5.69 Å². The Morgan fingerprint density at radius 3 is 2.19 bits per heavy atom. The van der Waals surface area contributed by atoms with Gasteiger partial charge in [-0.15, -0.1) is 0 Å². The van der Waals surface area contributed by atoms with Gasteiger partial charge in [0.1, 0.15) is 11.5 Å². The Morgan fingerprint density at radius 1 is 0.885 bits per heavy atom. The fourth-order valence-corrected chi connectivity index (χ4v) is 2.00. The van der Waals surface area contributed by atoms with Gasteiger partial charge in [-0.3, -0.25) is 9.59 Å². The summed E-state index contributed by atoms with van der Waals surface area (Å²) in [7, 11) is 0. The van der Waals surface area contributed by atoms with Gasteiger partial charge in [-0.1, -0.05) is 32.0 Å². The zero-order valence-corrected chi connectivity index (χ0v) is 15.0. The zero-order chi connectivity index (χ0) is 18.8. The fraction of sp³-hybridized carbons (Fsp3) is 0.300. The average Bonchev–Trinajstić information content (AvgIpc) is 2.65. The molecule has 0 aliphatic rings. The number of hydrogen-bond donors (Lipinski definition) is 2. The highest BCUT2D eigenvalue weighted by Crippen LogP contribution is 2.16. The Bertz CT molecular complexity index is 700. The summed E-state index contributed by atoms with van der Waals surface area (Å²) in [5, 5.41) is 5.23. The van der Waals surface area contributed by atoms with Crippen molar-refractivity contribution in [3.63, 3.8) is 0 Å². The number of carbonyl (C=O) groups excluding carboxylic acids is 2. The van der Waals surface area contributed by atoms with Crippen molar-refractivity contribution in [1.82, 2.24) is 5.32 Å². The predicted octanol–water partition coefficient (Wildman–Crippen LogP) is 2.86. The average molecular weight is 356 g/mol. The molecular weight excluding hydrogens is 332 g/mol. The maximum Gasteiger partial charge on any atom is 0.258 e. The first kappa shape index (κ1) is 19.3. The van der Waals surface area contributed by atoms with Crippen LogP contribution in [-0.2, 0) is 9.59 Å². The van der Waals surface area contributed by atoms with Crippen molar-refractivity contribution in [3.8, 4) is 11.5 Å². The third kappa shape index (κ3) is 7.25. The van der Waals surface area contributed by atoms with Gasteiger partial charge in [-0.25, -0.2) is 0 Å². The molecule has 2 aromatic carbocycles. The molecule has 0 saturated heterocycles. The van der Waals surface area contributed by atoms with Crippen LogP contribution in [0, 0.1) is 5.92 Å². The van der Waals surface area contributed by atoms with Crippen molar-refractivity contribution >= 4 is 17.5 Å². The van der Waals surface area contributed by atoms with Gasteiger partial charge < -0.3 is 20.1 Å². The molecule has 0 bridgehead atoms. The normalized spacial score (nSPS) is 10.3. The lowest BCUT2D eigenvalue weighted by molar-refractivity contribution is -0.125. The van der Waals surface area contributed by atoms with Crippen LogP contribution < -0.4 is 20.1 Å². The van der Waals surface area contributed by atoms with E-state index in [0.717, 1.165) is 5.75 Å². The van der Waals surface area contributed by atoms with Gasteiger partial charge >= 0.3 is 0 Å². The van der Waals surface area contributed by atoms with Crippen LogP contribution in [-0.4, -0.2) is 31.6 Å². The number of amides is 2. The van der Waals surface area contributed by atoms with E-state index in [1.807, 2.05) is 18.2 Å². The van der Waals surface area contributed by atoms with Crippen LogP contribution >= 0.6 is 0 Å². The summed E-state index contributed by atoms with van der Waals surface area (Å²) in [6, 6.07) is 16.1. The second-order valence-corrected chi connectivity index (χ2v) is 6.16. The molecule has 0 spiro atoms. The Labute approximate surface area is 153 Å². The molecule has 2 N–H and O–H groups in total. The molecule has 0 radical (unpaired) electrons. The van der Waals surface area contributed by atoms with Gasteiger partial charge in [0.15, 0.2) is 6.61 Å². The summed E-state index contributed by atoms with van der Waals surface area (Å²) in [6.45, 7) is 4.53. The Morgan fingerprint density at radius 2 is 1.54 bits per heavy atom. The van der Waals surface area contributed by atoms with Crippen molar-refractivity contribution in [2.24, 2.45) is 5.92 Å². The molecule has 0 fully saturated rings. The van der Waals surface area contributed by atoms with E-state index < -0.39 is 0 Å². The van der Waals surface area contributed by atoms with Crippen molar-refractivity contribution in [2.45, 2.75) is 13.8 Å². The molecule has 6 heteroatoms. The van der Waals surface area contributed by atoms with Crippen LogP contribution in [0.3, 0.4) is 0 Å². The number of carbonyl (C=O) groups is 2. The van der Waals surface area contributed by atoms with Crippen LogP contribution in [0.2, 0.25) is 0 Å². The Hall–Kier alpha value is -3.02. The molecular formula is C20H24N2O4. The van der Waals surface area contributed by atoms with Gasteiger partial charge in [-0.05, 0) is 42.3 Å². The third-order valence-electron chi connectivity index (χ3n) is 3.28. The molecule has 0 unspecified atom stereocenters. The fourth-order valence-electron chi connectivity index (χ4n) is 2.00. The molecule has 2 aromatic rings. The molecule has 0 saturated carbocycles. The maximum absolute atomic E-state index is 11.9. The maximum atomic E-state index is 11.9. The van der Waals surface area contributed by atoms with Crippen LogP contribution in [0.5, 0.6) is 11.5 Å². The smallest absolute Gasteiger partial charge is 0.258 e. The van der Waals surface area contributed by atoms with E-state index in [1.165, 1.54) is 0 Å². The largest absolute Gasteiger partial charge is 0.493 e. The topological polar surface area (TPSA) is 76.7 Å². The molecule has 0 aliphatic heterocycles. The predicted molar refractivity (Wildman–Crippen MR) is 100 cm³/mol. The number of benzene rings is 2. The van der Waals surface area contributed by atoms with Crippen LogP contribution in [0.1, 0.15) is 13.8 Å². The summed E-state index contributed by atoms with van der Waals surface area (Å²) >= 11 is 0. The highest BCUT2D eigenvalue weighted by Gasteiger charge is 2.07. The second-order valence-electron chi connectivity index (χ2n) is 6.16. The summed E-state index contributed by atoms with van der Waals surface area (Å²) < 4.78 is 10.9. The molecule has 0 aliphatic carbocycles. The van der Waals surface area contributed by atoms with Gasteiger partial charge in [0.2, 0.25) is 5.91 Å². The summed E-state index contributed by atoms with van der Waals surface area (Å²) in [4.78, 5) is 23.6. The van der Waals surface area contributed by atoms with Gasteiger partial charge in [0.05, 0.1) is 13.2 Å². The van der Waals surface area contributed by atoms with Crippen molar-refractivity contribution in [1.29, 1.82) is 0 Å². The molecule has 2 rings (SSSR count). The van der Waals surface area contributed by atoms with Crippen molar-refractivity contribution in [2.75, 3.05) is 25.1 Å². The van der Waals surface area contributed by atoms with Gasteiger partial charge in [0.25, 0.3) is 5.91 Å². The Balaban J connectivity index is 1.68. The summed E-state index contributed by atoms with van der Waals surface area (Å²) in [6.07, 6.45) is 0. The molecule has 2 amide bonds. The number of hydrogen-bond acceptors (Lipinski definition) is 4. The number of para-hydroxylation sites is 1. The lowest BCUT2D eigenvalue weighted by Crippen LogP contribution is -2.35. The van der Waals surface area contributed by atoms with Crippen LogP contribution in [0.4, 0.5) is 5.69 Å². The van der Waals surface area contributed by atoms with E-state index in [4.69, 9.17) is 9.47 Å². The minimum atomic E-state index is -0.360. The highest BCUT2D eigenvalue weighted by atomic mass is 16.5. The van der Waals surface area contributed by atoms with Crippen molar-refractivity contribution < 1.29 is 19.1 Å². The monoisotopic (exact) mass is 356 g/mol. The lowest BCUT2D eigenvalue weighted by Gasteiger charge is -2.10. The number of nitrogens with one attached hydrogen (secondary N) is 2. The first-order valence-electron chi connectivity index (χ1n) is 8.50. The number of ether oxygens (including phenoxy) is 2. The molecule has 138 valence electrons. The quantitative estimate of drug-likeness (QED) is 0.724. The van der Waals surface area contributed by atoms with Crippen molar-refractivity contribution in [3.05, 3.63) is 54.6 Å². The lowest BCUT2D eigenvalue weighted by atomic mass is 10.2. The Kier molecular flexibility index (Phi) is 7.49. The molecule has 6 nitrogen and oxygen atoms in total. The van der Waals surface area contributed by atoms with E-state index >= 15 is 0 Å². The third-order valence-corrected chi connectivity index (χ3v) is 3.28. The number of anilines is 1. The minimum absolute atomic E-state index is 0.122. The van der Waals surface area contributed by atoms with Crippen LogP contribution in [0.25, 0.3) is 0 Å².